The first-order chi connectivity index (χ1) is 12.0. The van der Waals surface area contributed by atoms with Crippen LogP contribution in [0.5, 0.6) is 11.5 Å². The third-order valence-corrected chi connectivity index (χ3v) is 3.37. The number of rotatable bonds is 7. The van der Waals surface area contributed by atoms with Crippen molar-refractivity contribution >= 4 is 17.7 Å². The van der Waals surface area contributed by atoms with E-state index in [-0.39, 0.29) is 12.3 Å². The van der Waals surface area contributed by atoms with Gasteiger partial charge >= 0.3 is 5.97 Å². The standard InChI is InChI=1S/C18H17NO6/c1-23-16-8-9-17(19(21)22)14(11-16)12-25-15-6-3-13(4-7-15)5-10-18(20)24-2/h3-11H,12H2,1-2H3/b10-5+. The number of carbonyl (C=O) groups excluding carboxylic acids is 1. The maximum absolute atomic E-state index is 11.1. The van der Waals surface area contributed by atoms with Gasteiger partial charge in [0.15, 0.2) is 0 Å². The van der Waals surface area contributed by atoms with Crippen molar-refractivity contribution in [1.29, 1.82) is 0 Å². The Bertz CT molecular complexity index is 783. The van der Waals surface area contributed by atoms with Crippen molar-refractivity contribution in [3.8, 4) is 11.5 Å². The summed E-state index contributed by atoms with van der Waals surface area (Å²) in [6.45, 7) is 0.0326. The molecule has 25 heavy (non-hydrogen) atoms. The van der Waals surface area contributed by atoms with Crippen molar-refractivity contribution in [3.05, 3.63) is 69.8 Å². The molecule has 7 nitrogen and oxygen atoms in total. The zero-order chi connectivity index (χ0) is 18.2. The summed E-state index contributed by atoms with van der Waals surface area (Å²) in [5, 5.41) is 11.1. The van der Waals surface area contributed by atoms with E-state index < -0.39 is 10.9 Å². The second kappa shape index (κ2) is 8.49. The lowest BCUT2D eigenvalue weighted by Gasteiger charge is -2.08. The minimum Gasteiger partial charge on any atom is -0.497 e. The van der Waals surface area contributed by atoms with Gasteiger partial charge in [0.1, 0.15) is 18.1 Å². The maximum Gasteiger partial charge on any atom is 0.330 e. The highest BCUT2D eigenvalue weighted by Gasteiger charge is 2.15. The van der Waals surface area contributed by atoms with Crippen molar-refractivity contribution in [2.45, 2.75) is 6.61 Å². The van der Waals surface area contributed by atoms with E-state index in [1.807, 2.05) is 0 Å². The second-order valence-electron chi connectivity index (χ2n) is 4.97. The minimum atomic E-state index is -0.459. The van der Waals surface area contributed by atoms with Gasteiger partial charge in [0, 0.05) is 12.1 Å². The molecule has 0 aliphatic rings. The van der Waals surface area contributed by atoms with Gasteiger partial charge in [0.25, 0.3) is 5.69 Å². The quantitative estimate of drug-likeness (QED) is 0.331. The molecular formula is C18H17NO6. The number of nitro groups is 1. The first-order valence-corrected chi connectivity index (χ1v) is 7.33. The van der Waals surface area contributed by atoms with Crippen LogP contribution in [0.25, 0.3) is 6.08 Å². The number of nitrogens with zero attached hydrogens (tertiary/aromatic N) is 1. The normalized spacial score (nSPS) is 10.5. The Labute approximate surface area is 144 Å². The topological polar surface area (TPSA) is 87.9 Å². The zero-order valence-corrected chi connectivity index (χ0v) is 13.8. The molecule has 7 heteroatoms. The molecule has 0 saturated heterocycles. The summed E-state index contributed by atoms with van der Waals surface area (Å²) in [6.07, 6.45) is 2.93. The van der Waals surface area contributed by atoms with Gasteiger partial charge in [-0.1, -0.05) is 12.1 Å². The molecule has 0 N–H and O–H groups in total. The van der Waals surface area contributed by atoms with E-state index in [0.29, 0.717) is 17.1 Å². The molecule has 0 amide bonds. The van der Waals surface area contributed by atoms with Crippen molar-refractivity contribution < 1.29 is 23.9 Å². The van der Waals surface area contributed by atoms with Crippen LogP contribution in [0.2, 0.25) is 0 Å². The molecule has 0 aliphatic heterocycles. The molecule has 0 aliphatic carbocycles. The Kier molecular flexibility index (Phi) is 6.11. The Morgan fingerprint density at radius 3 is 2.40 bits per heavy atom. The number of nitro benzene ring substituents is 1. The lowest BCUT2D eigenvalue weighted by molar-refractivity contribution is -0.385. The lowest BCUT2D eigenvalue weighted by atomic mass is 10.1. The average molecular weight is 343 g/mol. The van der Waals surface area contributed by atoms with E-state index in [0.717, 1.165) is 5.56 Å². The number of methoxy groups -OCH3 is 2. The predicted molar refractivity (Wildman–Crippen MR) is 91.5 cm³/mol. The van der Waals surface area contributed by atoms with E-state index >= 15 is 0 Å². The molecule has 0 aromatic heterocycles. The molecule has 130 valence electrons. The van der Waals surface area contributed by atoms with Crippen molar-refractivity contribution in [3.63, 3.8) is 0 Å². The Morgan fingerprint density at radius 1 is 1.12 bits per heavy atom. The summed E-state index contributed by atoms with van der Waals surface area (Å²) >= 11 is 0. The van der Waals surface area contributed by atoms with Crippen molar-refractivity contribution in [2.75, 3.05) is 14.2 Å². The molecular weight excluding hydrogens is 326 g/mol. The minimum absolute atomic E-state index is 0.0292. The highest BCUT2D eigenvalue weighted by molar-refractivity contribution is 5.86. The van der Waals surface area contributed by atoms with Crippen LogP contribution in [0, 0.1) is 10.1 Å². The van der Waals surface area contributed by atoms with Gasteiger partial charge in [-0.25, -0.2) is 4.79 Å². The Balaban J connectivity index is 2.07. The van der Waals surface area contributed by atoms with Crippen LogP contribution >= 0.6 is 0 Å². The summed E-state index contributed by atoms with van der Waals surface area (Å²) in [6, 6.07) is 11.4. The summed E-state index contributed by atoms with van der Waals surface area (Å²) in [4.78, 5) is 21.7. The highest BCUT2D eigenvalue weighted by atomic mass is 16.6. The lowest BCUT2D eigenvalue weighted by Crippen LogP contribution is -2.01. The zero-order valence-electron chi connectivity index (χ0n) is 13.8. The maximum atomic E-state index is 11.1. The third-order valence-electron chi connectivity index (χ3n) is 3.37. The van der Waals surface area contributed by atoms with E-state index in [9.17, 15) is 14.9 Å². The monoisotopic (exact) mass is 343 g/mol. The van der Waals surface area contributed by atoms with Crippen LogP contribution in [0.4, 0.5) is 5.69 Å². The van der Waals surface area contributed by atoms with Crippen LogP contribution in [-0.4, -0.2) is 25.1 Å². The van der Waals surface area contributed by atoms with Crippen LogP contribution in [0.15, 0.2) is 48.5 Å². The molecule has 0 heterocycles. The predicted octanol–water partition coefficient (Wildman–Crippen LogP) is 3.37. The third kappa shape index (κ3) is 5.07. The van der Waals surface area contributed by atoms with E-state index in [1.54, 1.807) is 36.4 Å². The van der Waals surface area contributed by atoms with Gasteiger partial charge in [-0.3, -0.25) is 10.1 Å². The van der Waals surface area contributed by atoms with E-state index in [4.69, 9.17) is 9.47 Å². The van der Waals surface area contributed by atoms with E-state index in [1.165, 1.54) is 32.4 Å². The van der Waals surface area contributed by atoms with Gasteiger partial charge in [-0.15, -0.1) is 0 Å². The summed E-state index contributed by atoms with van der Waals surface area (Å²) < 4.78 is 15.2. The fraction of sp³-hybridized carbons (Fsp3) is 0.167. The smallest absolute Gasteiger partial charge is 0.330 e. The molecule has 0 saturated carbocycles. The average Bonchev–Trinajstić information content (AvgIpc) is 2.64. The SMILES string of the molecule is COC(=O)/C=C/c1ccc(OCc2cc(OC)ccc2[N+](=O)[O-])cc1. The molecule has 0 radical (unpaired) electrons. The molecule has 0 unspecified atom stereocenters. The molecule has 2 aromatic carbocycles. The first-order valence-electron chi connectivity index (χ1n) is 7.33. The molecule has 0 atom stereocenters. The van der Waals surface area contributed by atoms with Gasteiger partial charge < -0.3 is 14.2 Å². The first kappa shape index (κ1) is 18.0. The number of ether oxygens (including phenoxy) is 3. The van der Waals surface area contributed by atoms with Gasteiger partial charge in [0.2, 0.25) is 0 Å². The molecule has 0 bridgehead atoms. The fourth-order valence-corrected chi connectivity index (χ4v) is 2.05. The number of esters is 1. The fourth-order valence-electron chi connectivity index (χ4n) is 2.05. The van der Waals surface area contributed by atoms with E-state index in [2.05, 4.69) is 4.74 Å². The van der Waals surface area contributed by atoms with Crippen LogP contribution in [0.3, 0.4) is 0 Å². The molecule has 0 spiro atoms. The van der Waals surface area contributed by atoms with Gasteiger partial charge in [0.05, 0.1) is 24.7 Å². The highest BCUT2D eigenvalue weighted by Crippen LogP contribution is 2.25. The number of carbonyl (C=O) groups is 1. The van der Waals surface area contributed by atoms with Crippen LogP contribution < -0.4 is 9.47 Å². The Hall–Kier alpha value is -3.35. The van der Waals surface area contributed by atoms with Crippen molar-refractivity contribution in [2.24, 2.45) is 0 Å². The molecule has 2 aromatic rings. The van der Waals surface area contributed by atoms with Crippen molar-refractivity contribution in [1.82, 2.24) is 0 Å². The van der Waals surface area contributed by atoms with Crippen LogP contribution in [-0.2, 0) is 16.1 Å². The number of hydrogen-bond acceptors (Lipinski definition) is 6. The number of hydrogen-bond donors (Lipinski definition) is 0. The van der Waals surface area contributed by atoms with Gasteiger partial charge in [-0.05, 0) is 35.9 Å². The second-order valence-corrected chi connectivity index (χ2v) is 4.97. The summed E-state index contributed by atoms with van der Waals surface area (Å²) in [7, 11) is 2.80. The molecule has 2 rings (SSSR count). The summed E-state index contributed by atoms with van der Waals surface area (Å²) in [5.41, 5.74) is 1.18. The summed E-state index contributed by atoms with van der Waals surface area (Å²) in [5.74, 6) is 0.630. The Morgan fingerprint density at radius 2 is 1.80 bits per heavy atom. The van der Waals surface area contributed by atoms with Gasteiger partial charge in [-0.2, -0.15) is 0 Å². The van der Waals surface area contributed by atoms with Crippen LogP contribution in [0.1, 0.15) is 11.1 Å². The number of benzene rings is 2. The largest absolute Gasteiger partial charge is 0.497 e. The molecule has 0 fully saturated rings.